The van der Waals surface area contributed by atoms with E-state index in [2.05, 4.69) is 140 Å². The summed E-state index contributed by atoms with van der Waals surface area (Å²) in [5, 5.41) is 8.77. The number of rotatable bonds is 3. The first-order chi connectivity index (χ1) is 20.8. The van der Waals surface area contributed by atoms with Gasteiger partial charge in [-0.2, -0.15) is 0 Å². The molecule has 7 aromatic carbocycles. The molecule has 0 saturated carbocycles. The maximum atomic E-state index is 6.24. The summed E-state index contributed by atoms with van der Waals surface area (Å²) >= 11 is 1.82. The molecule has 2 aromatic heterocycles. The van der Waals surface area contributed by atoms with Crippen molar-refractivity contribution in [3.05, 3.63) is 146 Å². The van der Waals surface area contributed by atoms with Crippen molar-refractivity contribution < 1.29 is 4.42 Å². The van der Waals surface area contributed by atoms with Crippen LogP contribution in [-0.2, 0) is 0 Å². The maximum Gasteiger partial charge on any atom is 0.152 e. The Kier molecular flexibility index (Phi) is 5.13. The molecule has 0 saturated heterocycles. The minimum absolute atomic E-state index is 0.970. The molecule has 0 N–H and O–H groups in total. The van der Waals surface area contributed by atoms with Crippen molar-refractivity contribution in [1.82, 2.24) is 0 Å². The van der Waals surface area contributed by atoms with E-state index >= 15 is 0 Å². The number of benzene rings is 7. The van der Waals surface area contributed by atoms with Gasteiger partial charge in [0.05, 0.1) is 11.0 Å². The Labute approximate surface area is 246 Å². The summed E-state index contributed by atoms with van der Waals surface area (Å²) in [4.78, 5) is 0. The molecule has 0 atom stereocenters. The SMILES string of the molecule is c1ccc(-c2c3ccccc3c(-c3ccc4sc5c(ccc6c(-c7ccccc7)coc65)c4c3)c3ccccc23)cc1. The highest BCUT2D eigenvalue weighted by atomic mass is 32.1. The van der Waals surface area contributed by atoms with Gasteiger partial charge in [-0.1, -0.05) is 121 Å². The van der Waals surface area contributed by atoms with Gasteiger partial charge in [-0.05, 0) is 67.6 Å². The van der Waals surface area contributed by atoms with Gasteiger partial charge < -0.3 is 4.42 Å². The molecule has 9 aromatic rings. The van der Waals surface area contributed by atoms with E-state index in [4.69, 9.17) is 4.42 Å². The van der Waals surface area contributed by atoms with Crippen molar-refractivity contribution in [3.63, 3.8) is 0 Å². The fraction of sp³-hybridized carbons (Fsp3) is 0. The summed E-state index contributed by atoms with van der Waals surface area (Å²) < 4.78 is 8.72. The van der Waals surface area contributed by atoms with E-state index in [0.29, 0.717) is 0 Å². The Morgan fingerprint density at radius 1 is 0.405 bits per heavy atom. The molecule has 0 radical (unpaired) electrons. The van der Waals surface area contributed by atoms with E-state index in [-0.39, 0.29) is 0 Å². The van der Waals surface area contributed by atoms with Gasteiger partial charge in [-0.3, -0.25) is 0 Å². The normalized spacial score (nSPS) is 11.8. The molecule has 42 heavy (non-hydrogen) atoms. The minimum Gasteiger partial charge on any atom is -0.462 e. The number of fused-ring (bicyclic) bond motifs is 7. The fourth-order valence-corrected chi connectivity index (χ4v) is 7.85. The van der Waals surface area contributed by atoms with Crippen LogP contribution in [0.15, 0.2) is 150 Å². The van der Waals surface area contributed by atoms with Crippen LogP contribution in [0.2, 0.25) is 0 Å². The average Bonchev–Trinajstić information content (AvgIpc) is 3.66. The first-order valence-electron chi connectivity index (χ1n) is 14.3. The zero-order chi connectivity index (χ0) is 27.6. The number of hydrogen-bond acceptors (Lipinski definition) is 2. The van der Waals surface area contributed by atoms with Gasteiger partial charge >= 0.3 is 0 Å². The van der Waals surface area contributed by atoms with Crippen LogP contribution in [0.3, 0.4) is 0 Å². The monoisotopic (exact) mass is 552 g/mol. The molecule has 0 amide bonds. The number of thiophene rings is 1. The van der Waals surface area contributed by atoms with Crippen molar-refractivity contribution >= 4 is 64.0 Å². The van der Waals surface area contributed by atoms with Crippen LogP contribution < -0.4 is 0 Å². The second-order valence-electron chi connectivity index (χ2n) is 10.9. The first kappa shape index (κ1) is 23.5. The molecular weight excluding hydrogens is 529 g/mol. The highest BCUT2D eigenvalue weighted by Gasteiger charge is 2.19. The van der Waals surface area contributed by atoms with Crippen LogP contribution in [0.25, 0.3) is 86.1 Å². The summed E-state index contributed by atoms with van der Waals surface area (Å²) in [6.07, 6.45) is 1.90. The van der Waals surface area contributed by atoms with Crippen LogP contribution in [0.5, 0.6) is 0 Å². The molecule has 1 nitrogen and oxygen atoms in total. The third kappa shape index (κ3) is 3.43. The molecule has 9 rings (SSSR count). The van der Waals surface area contributed by atoms with Gasteiger partial charge in [0.2, 0.25) is 0 Å². The lowest BCUT2D eigenvalue weighted by Crippen LogP contribution is -1.90. The van der Waals surface area contributed by atoms with Gasteiger partial charge in [0.25, 0.3) is 0 Å². The Bertz CT molecular complexity index is 2390. The van der Waals surface area contributed by atoms with Crippen LogP contribution in [0, 0.1) is 0 Å². The minimum atomic E-state index is 0.970. The molecule has 196 valence electrons. The first-order valence-corrected chi connectivity index (χ1v) is 15.1. The standard InChI is InChI=1S/C40H24OS/c1-3-11-25(12-4-1)35-24-41-39-32(35)20-21-33-34-23-27(19-22-36(34)42-40(33)39)38-30-17-9-7-15-28(30)37(26-13-5-2-6-14-26)29-16-8-10-18-31(29)38/h1-24H. The molecule has 0 aliphatic heterocycles. The second-order valence-corrected chi connectivity index (χ2v) is 11.9. The predicted octanol–water partition coefficient (Wildman–Crippen LogP) is 12.1. The molecule has 0 fully saturated rings. The van der Waals surface area contributed by atoms with Crippen LogP contribution in [0.4, 0.5) is 0 Å². The summed E-state index contributed by atoms with van der Waals surface area (Å²) in [6, 6.07) is 50.4. The summed E-state index contributed by atoms with van der Waals surface area (Å²) in [5.41, 5.74) is 8.34. The molecule has 0 aliphatic carbocycles. The molecule has 2 heteroatoms. The highest BCUT2D eigenvalue weighted by Crippen LogP contribution is 2.46. The Morgan fingerprint density at radius 3 is 1.60 bits per heavy atom. The molecule has 0 spiro atoms. The lowest BCUT2D eigenvalue weighted by Gasteiger charge is -2.17. The third-order valence-corrected chi connectivity index (χ3v) is 9.73. The van der Waals surface area contributed by atoms with Crippen LogP contribution in [-0.4, -0.2) is 0 Å². The van der Waals surface area contributed by atoms with Crippen molar-refractivity contribution in [2.24, 2.45) is 0 Å². The third-order valence-electron chi connectivity index (χ3n) is 8.55. The number of furan rings is 1. The molecule has 0 bridgehead atoms. The maximum absolute atomic E-state index is 6.24. The molecule has 0 unspecified atom stereocenters. The van der Waals surface area contributed by atoms with Crippen molar-refractivity contribution in [3.8, 4) is 33.4 Å². The van der Waals surface area contributed by atoms with E-state index in [1.54, 1.807) is 0 Å². The van der Waals surface area contributed by atoms with Gasteiger partial charge in [-0.25, -0.2) is 0 Å². The van der Waals surface area contributed by atoms with Crippen LogP contribution >= 0.6 is 11.3 Å². The zero-order valence-electron chi connectivity index (χ0n) is 22.7. The smallest absolute Gasteiger partial charge is 0.152 e. The Balaban J connectivity index is 1.31. The Hall–Kier alpha value is -5.18. The Morgan fingerprint density at radius 2 is 0.952 bits per heavy atom. The van der Waals surface area contributed by atoms with Gasteiger partial charge in [0, 0.05) is 26.4 Å². The summed E-state index contributed by atoms with van der Waals surface area (Å²) in [6.45, 7) is 0. The largest absolute Gasteiger partial charge is 0.462 e. The van der Waals surface area contributed by atoms with E-state index in [1.807, 2.05) is 17.6 Å². The second kappa shape index (κ2) is 9.17. The summed E-state index contributed by atoms with van der Waals surface area (Å²) in [5.74, 6) is 0. The molecule has 2 heterocycles. The van der Waals surface area contributed by atoms with E-state index < -0.39 is 0 Å². The average molecular weight is 553 g/mol. The molecule has 0 aliphatic rings. The lowest BCUT2D eigenvalue weighted by atomic mass is 9.86. The van der Waals surface area contributed by atoms with Gasteiger partial charge in [0.15, 0.2) is 5.58 Å². The topological polar surface area (TPSA) is 13.1 Å². The van der Waals surface area contributed by atoms with Gasteiger partial charge in [-0.15, -0.1) is 11.3 Å². The predicted molar refractivity (Wildman–Crippen MR) is 180 cm³/mol. The zero-order valence-corrected chi connectivity index (χ0v) is 23.5. The van der Waals surface area contributed by atoms with Gasteiger partial charge in [0.1, 0.15) is 0 Å². The highest BCUT2D eigenvalue weighted by molar-refractivity contribution is 7.26. The van der Waals surface area contributed by atoms with Crippen LogP contribution in [0.1, 0.15) is 0 Å². The van der Waals surface area contributed by atoms with E-state index in [1.165, 1.54) is 69.5 Å². The fourth-order valence-electron chi connectivity index (χ4n) is 6.68. The quantitative estimate of drug-likeness (QED) is 0.199. The van der Waals surface area contributed by atoms with Crippen molar-refractivity contribution in [1.29, 1.82) is 0 Å². The van der Waals surface area contributed by atoms with E-state index in [9.17, 15) is 0 Å². The summed E-state index contributed by atoms with van der Waals surface area (Å²) in [7, 11) is 0. The molecular formula is C40H24OS. The van der Waals surface area contributed by atoms with Crippen molar-refractivity contribution in [2.45, 2.75) is 0 Å². The van der Waals surface area contributed by atoms with E-state index in [0.717, 1.165) is 16.5 Å². The number of hydrogen-bond donors (Lipinski definition) is 0. The lowest BCUT2D eigenvalue weighted by molar-refractivity contribution is 0.621. The van der Waals surface area contributed by atoms with Crippen molar-refractivity contribution in [2.75, 3.05) is 0 Å².